The molecule has 0 aliphatic rings. The van der Waals surface area contributed by atoms with Crippen molar-refractivity contribution in [1.82, 2.24) is 5.32 Å². The van der Waals surface area contributed by atoms with Crippen molar-refractivity contribution in [3.05, 3.63) is 65.4 Å². The molecule has 0 radical (unpaired) electrons. The van der Waals surface area contributed by atoms with Gasteiger partial charge in [0.2, 0.25) is 0 Å². The molecular formula is C20H24F3NO2S. The Morgan fingerprint density at radius 2 is 1.93 bits per heavy atom. The molecule has 0 aromatic heterocycles. The zero-order chi connectivity index (χ0) is 20.4. The van der Waals surface area contributed by atoms with Gasteiger partial charge < -0.3 is 10.4 Å². The van der Waals surface area contributed by atoms with E-state index in [-0.39, 0.29) is 5.57 Å². The average molecular weight is 399 g/mol. The number of carboxylic acid groups (broad SMARTS) is 1. The molecule has 0 saturated carbocycles. The molecule has 0 spiro atoms. The standard InChI is InChI=1S/C20H24F3NO2S/c1-4-6-11-24-18(12-14(5-2)19(25)26)17(13-27-3)15-7-9-16(10-8-15)20(21,22)23/h5,7-10,12,24H,2,4,6,11,13H2,1,3H3,(H,25,26)/b14-12+,18-17-. The highest BCUT2D eigenvalue weighted by atomic mass is 32.2. The molecule has 0 aliphatic heterocycles. The molecule has 1 aromatic rings. The van der Waals surface area contributed by atoms with Crippen molar-refractivity contribution in [1.29, 1.82) is 0 Å². The third-order valence-electron chi connectivity index (χ3n) is 3.79. The molecule has 0 amide bonds. The molecule has 148 valence electrons. The van der Waals surface area contributed by atoms with Crippen LogP contribution < -0.4 is 5.32 Å². The van der Waals surface area contributed by atoms with Gasteiger partial charge in [-0.05, 0) is 42.0 Å². The summed E-state index contributed by atoms with van der Waals surface area (Å²) in [5.41, 5.74) is 1.23. The second-order valence-electron chi connectivity index (χ2n) is 5.79. The normalized spacial score (nSPS) is 13.1. The van der Waals surface area contributed by atoms with Crippen molar-refractivity contribution in [3.8, 4) is 0 Å². The van der Waals surface area contributed by atoms with Gasteiger partial charge in [0.15, 0.2) is 0 Å². The summed E-state index contributed by atoms with van der Waals surface area (Å²) in [5.74, 6) is -0.601. The van der Waals surface area contributed by atoms with E-state index in [1.165, 1.54) is 36.0 Å². The molecule has 0 fully saturated rings. The van der Waals surface area contributed by atoms with Gasteiger partial charge in [-0.3, -0.25) is 0 Å². The van der Waals surface area contributed by atoms with Gasteiger partial charge in [-0.25, -0.2) is 4.79 Å². The van der Waals surface area contributed by atoms with Crippen molar-refractivity contribution in [3.63, 3.8) is 0 Å². The molecule has 0 unspecified atom stereocenters. The fourth-order valence-electron chi connectivity index (χ4n) is 2.33. The zero-order valence-corrected chi connectivity index (χ0v) is 16.2. The second-order valence-corrected chi connectivity index (χ2v) is 6.66. The topological polar surface area (TPSA) is 49.3 Å². The minimum absolute atomic E-state index is 0.0134. The van der Waals surface area contributed by atoms with Gasteiger partial charge >= 0.3 is 12.1 Å². The van der Waals surface area contributed by atoms with Gasteiger partial charge in [0.1, 0.15) is 0 Å². The van der Waals surface area contributed by atoms with E-state index < -0.39 is 17.7 Å². The molecule has 0 aliphatic carbocycles. The van der Waals surface area contributed by atoms with Gasteiger partial charge in [-0.15, -0.1) is 0 Å². The van der Waals surface area contributed by atoms with E-state index in [4.69, 9.17) is 0 Å². The monoisotopic (exact) mass is 399 g/mol. The predicted molar refractivity (Wildman–Crippen MR) is 106 cm³/mol. The van der Waals surface area contributed by atoms with Crippen LogP contribution in [0.25, 0.3) is 5.57 Å². The van der Waals surface area contributed by atoms with Crippen LogP contribution in [0.4, 0.5) is 13.2 Å². The fraction of sp³-hybridized carbons (Fsp3) is 0.350. The number of halogens is 3. The van der Waals surface area contributed by atoms with Crippen LogP contribution in [-0.2, 0) is 11.0 Å². The Kier molecular flexibility index (Phi) is 9.21. The molecule has 3 nitrogen and oxygen atoms in total. The number of hydrogen-bond acceptors (Lipinski definition) is 3. The second kappa shape index (κ2) is 10.9. The molecule has 0 heterocycles. The summed E-state index contributed by atoms with van der Waals surface area (Å²) >= 11 is 1.50. The first-order valence-corrected chi connectivity index (χ1v) is 9.85. The van der Waals surface area contributed by atoms with Crippen LogP contribution in [0.15, 0.2) is 54.3 Å². The largest absolute Gasteiger partial charge is 0.478 e. The number of aliphatic carboxylic acids is 1. The number of thioether (sulfide) groups is 1. The molecule has 1 rings (SSSR count). The van der Waals surface area contributed by atoms with Crippen molar-refractivity contribution in [2.75, 3.05) is 18.6 Å². The summed E-state index contributed by atoms with van der Waals surface area (Å²) in [7, 11) is 0. The highest BCUT2D eigenvalue weighted by molar-refractivity contribution is 7.99. The number of carbonyl (C=O) groups is 1. The van der Waals surface area contributed by atoms with E-state index in [0.717, 1.165) is 30.5 Å². The Morgan fingerprint density at radius 1 is 1.30 bits per heavy atom. The molecular weight excluding hydrogens is 375 g/mol. The molecule has 0 saturated heterocycles. The number of benzene rings is 1. The molecule has 0 atom stereocenters. The smallest absolute Gasteiger partial charge is 0.416 e. The third-order valence-corrected chi connectivity index (χ3v) is 4.36. The van der Waals surface area contributed by atoms with Gasteiger partial charge in [-0.1, -0.05) is 38.1 Å². The number of unbranched alkanes of at least 4 members (excludes halogenated alkanes) is 1. The number of carboxylic acids is 1. The molecule has 0 bridgehead atoms. The quantitative estimate of drug-likeness (QED) is 0.316. The Balaban J connectivity index is 3.46. The highest BCUT2D eigenvalue weighted by Crippen LogP contribution is 2.31. The molecule has 2 N–H and O–H groups in total. The van der Waals surface area contributed by atoms with E-state index in [0.29, 0.717) is 23.6 Å². The maximum absolute atomic E-state index is 12.8. The van der Waals surface area contributed by atoms with Gasteiger partial charge in [-0.2, -0.15) is 24.9 Å². The van der Waals surface area contributed by atoms with Crippen LogP contribution in [-0.4, -0.2) is 29.6 Å². The lowest BCUT2D eigenvalue weighted by molar-refractivity contribution is -0.137. The van der Waals surface area contributed by atoms with E-state index >= 15 is 0 Å². The van der Waals surface area contributed by atoms with Crippen LogP contribution in [0.3, 0.4) is 0 Å². The lowest BCUT2D eigenvalue weighted by atomic mass is 10.0. The summed E-state index contributed by atoms with van der Waals surface area (Å²) in [6, 6.07) is 4.90. The SMILES string of the molecule is C=C/C(=C\C(NCCCC)=C(/CSC)c1ccc(C(F)(F)F)cc1)C(=O)O. The Morgan fingerprint density at radius 3 is 2.37 bits per heavy atom. The number of rotatable bonds is 10. The number of nitrogens with one attached hydrogen (secondary N) is 1. The Labute approximate surface area is 162 Å². The fourth-order valence-corrected chi connectivity index (χ4v) is 2.94. The van der Waals surface area contributed by atoms with Crippen molar-refractivity contribution in [2.45, 2.75) is 25.9 Å². The molecule has 1 aromatic carbocycles. The predicted octanol–water partition coefficient (Wildman–Crippen LogP) is 5.37. The maximum atomic E-state index is 12.8. The summed E-state index contributed by atoms with van der Waals surface area (Å²) < 4.78 is 38.5. The van der Waals surface area contributed by atoms with Gasteiger partial charge in [0.05, 0.1) is 11.1 Å². The van der Waals surface area contributed by atoms with E-state index in [2.05, 4.69) is 11.9 Å². The Bertz CT molecular complexity index is 707. The van der Waals surface area contributed by atoms with Gasteiger partial charge in [0, 0.05) is 18.0 Å². The average Bonchev–Trinajstić information content (AvgIpc) is 2.62. The minimum Gasteiger partial charge on any atom is -0.478 e. The number of hydrogen-bond donors (Lipinski definition) is 2. The zero-order valence-electron chi connectivity index (χ0n) is 15.4. The highest BCUT2D eigenvalue weighted by Gasteiger charge is 2.30. The van der Waals surface area contributed by atoms with Crippen molar-refractivity contribution in [2.24, 2.45) is 0 Å². The number of allylic oxidation sites excluding steroid dienone is 1. The van der Waals surface area contributed by atoms with Crippen LogP contribution >= 0.6 is 11.8 Å². The minimum atomic E-state index is -4.40. The van der Waals surface area contributed by atoms with Crippen molar-refractivity contribution < 1.29 is 23.1 Å². The molecule has 27 heavy (non-hydrogen) atoms. The van der Waals surface area contributed by atoms with E-state index in [1.807, 2.05) is 13.2 Å². The number of alkyl halides is 3. The Hall–Kier alpha value is -2.15. The summed E-state index contributed by atoms with van der Waals surface area (Å²) in [5, 5.41) is 12.5. The van der Waals surface area contributed by atoms with Crippen LogP contribution in [0.1, 0.15) is 30.9 Å². The summed E-state index contributed by atoms with van der Waals surface area (Å²) in [6.45, 7) is 6.18. The summed E-state index contributed by atoms with van der Waals surface area (Å²) in [4.78, 5) is 11.3. The van der Waals surface area contributed by atoms with Crippen LogP contribution in [0, 0.1) is 0 Å². The summed E-state index contributed by atoms with van der Waals surface area (Å²) in [6.07, 6.45) is 2.04. The first-order valence-electron chi connectivity index (χ1n) is 8.45. The first kappa shape index (κ1) is 22.9. The van der Waals surface area contributed by atoms with E-state index in [9.17, 15) is 23.1 Å². The molecule has 7 heteroatoms. The van der Waals surface area contributed by atoms with Gasteiger partial charge in [0.25, 0.3) is 0 Å². The third kappa shape index (κ3) is 7.17. The maximum Gasteiger partial charge on any atom is 0.416 e. The van der Waals surface area contributed by atoms with Crippen molar-refractivity contribution >= 4 is 23.3 Å². The van der Waals surface area contributed by atoms with E-state index in [1.54, 1.807) is 0 Å². The lowest BCUT2D eigenvalue weighted by Crippen LogP contribution is -2.17. The van der Waals surface area contributed by atoms with Crippen LogP contribution in [0.5, 0.6) is 0 Å². The first-order chi connectivity index (χ1) is 12.7. The lowest BCUT2D eigenvalue weighted by Gasteiger charge is -2.16. The van der Waals surface area contributed by atoms with Crippen LogP contribution in [0.2, 0.25) is 0 Å².